The lowest BCUT2D eigenvalue weighted by molar-refractivity contribution is -0.757. The van der Waals surface area contributed by atoms with E-state index in [1.54, 1.807) is 6.07 Å². The van der Waals surface area contributed by atoms with Gasteiger partial charge in [0.2, 0.25) is 5.91 Å². The van der Waals surface area contributed by atoms with Gasteiger partial charge in [-0.2, -0.15) is 0 Å². The molecule has 0 spiro atoms. The third-order valence-corrected chi connectivity index (χ3v) is 7.32. The number of rotatable bonds is 21. The van der Waals surface area contributed by atoms with Crippen LogP contribution < -0.4 is 4.90 Å². The van der Waals surface area contributed by atoms with Crippen LogP contribution in [-0.2, 0) is 4.84 Å². The molecule has 1 fully saturated rings. The highest BCUT2D eigenvalue weighted by atomic mass is 16.9. The van der Waals surface area contributed by atoms with Crippen molar-refractivity contribution in [2.75, 3.05) is 50.8 Å². The first-order valence-electron chi connectivity index (χ1n) is 14.7. The fourth-order valence-corrected chi connectivity index (χ4v) is 4.86. The van der Waals surface area contributed by atoms with Crippen LogP contribution in [0.4, 0.5) is 5.82 Å². The molecule has 1 aliphatic heterocycles. The molecule has 216 valence electrons. The smallest absolute Gasteiger partial charge is 0.294 e. The molecule has 0 aromatic carbocycles. The summed E-state index contributed by atoms with van der Waals surface area (Å²) in [4.78, 5) is 35.9. The lowest BCUT2D eigenvalue weighted by Gasteiger charge is -2.34. The number of unbranched alkanes of at least 4 members (excludes halogenated alkanes) is 13. The van der Waals surface area contributed by atoms with Crippen molar-refractivity contribution in [2.45, 2.75) is 96.8 Å². The number of carbonyl (C=O) groups is 1. The number of amides is 1. The highest BCUT2D eigenvalue weighted by Gasteiger charge is 2.17. The second-order valence-corrected chi connectivity index (χ2v) is 10.2. The largest absolute Gasteiger partial charge is 0.756 e. The zero-order valence-electron chi connectivity index (χ0n) is 23.4. The first kappa shape index (κ1) is 31.8. The number of carbonyl (C=O) groups excluding carboxylic acids is 1. The SMILES string of the molecule is CCN1CCN(c2ccc(C(=O)N([O-])CCCCCCCCCCCCCCCCO[N+](=O)[O-])cn2)CC1. The number of piperazine rings is 1. The van der Waals surface area contributed by atoms with Gasteiger partial charge in [0.1, 0.15) is 5.82 Å². The molecule has 0 bridgehead atoms. The molecule has 0 aliphatic carbocycles. The highest BCUT2D eigenvalue weighted by Crippen LogP contribution is 2.16. The lowest BCUT2D eigenvalue weighted by Crippen LogP contribution is -2.46. The Morgan fingerprint density at radius 1 is 0.895 bits per heavy atom. The second kappa shape index (κ2) is 19.6. The molecule has 10 heteroatoms. The van der Waals surface area contributed by atoms with Crippen LogP contribution in [0.5, 0.6) is 0 Å². The number of likely N-dealkylation sites (N-methyl/N-ethyl adjacent to an activating group) is 1. The minimum Gasteiger partial charge on any atom is -0.756 e. The Kier molecular flexibility index (Phi) is 16.4. The van der Waals surface area contributed by atoms with Crippen molar-refractivity contribution in [1.29, 1.82) is 0 Å². The standard InChI is InChI=1S/C28H48N5O5/c1-2-30-20-22-31(23-21-30)27-18-17-26(25-29-27)28(34)32(35)19-15-13-11-9-7-5-3-4-6-8-10-12-14-16-24-38-33(36)37/h17-18,25H,2-16,19-24H2,1H3/q-1. The predicted octanol–water partition coefficient (Wildman–Crippen LogP) is 5.83. The number of anilines is 1. The number of pyridine rings is 1. The van der Waals surface area contributed by atoms with E-state index in [-0.39, 0.29) is 13.2 Å². The monoisotopic (exact) mass is 534 g/mol. The maximum absolute atomic E-state index is 12.5. The van der Waals surface area contributed by atoms with Gasteiger partial charge in [0.05, 0.1) is 12.2 Å². The van der Waals surface area contributed by atoms with Crippen molar-refractivity contribution in [1.82, 2.24) is 14.9 Å². The van der Waals surface area contributed by atoms with Crippen molar-refractivity contribution in [3.63, 3.8) is 0 Å². The van der Waals surface area contributed by atoms with Crippen molar-refractivity contribution in [3.05, 3.63) is 39.2 Å². The predicted molar refractivity (Wildman–Crippen MR) is 151 cm³/mol. The Balaban J connectivity index is 1.41. The molecule has 1 amide bonds. The van der Waals surface area contributed by atoms with Gasteiger partial charge in [-0.3, -0.25) is 4.79 Å². The van der Waals surface area contributed by atoms with E-state index in [2.05, 4.69) is 26.5 Å². The van der Waals surface area contributed by atoms with E-state index < -0.39 is 11.0 Å². The van der Waals surface area contributed by atoms with Crippen LogP contribution in [0.3, 0.4) is 0 Å². The van der Waals surface area contributed by atoms with E-state index in [0.29, 0.717) is 10.6 Å². The Morgan fingerprint density at radius 3 is 1.89 bits per heavy atom. The van der Waals surface area contributed by atoms with Crippen LogP contribution in [0.25, 0.3) is 0 Å². The minimum absolute atomic E-state index is 0.212. The normalized spacial score (nSPS) is 14.0. The average molecular weight is 535 g/mol. The molecule has 38 heavy (non-hydrogen) atoms. The molecule has 1 aliphatic rings. The zero-order chi connectivity index (χ0) is 27.4. The fourth-order valence-electron chi connectivity index (χ4n) is 4.86. The van der Waals surface area contributed by atoms with Gasteiger partial charge in [-0.15, -0.1) is 10.1 Å². The first-order valence-corrected chi connectivity index (χ1v) is 14.7. The van der Waals surface area contributed by atoms with Crippen LogP contribution in [0.2, 0.25) is 0 Å². The van der Waals surface area contributed by atoms with Gasteiger partial charge in [0, 0.05) is 38.9 Å². The summed E-state index contributed by atoms with van der Waals surface area (Å²) in [6.07, 6.45) is 17.1. The topological polar surface area (TPSA) is 115 Å². The van der Waals surface area contributed by atoms with Gasteiger partial charge in [-0.25, -0.2) is 4.98 Å². The highest BCUT2D eigenvalue weighted by molar-refractivity contribution is 5.94. The first-order chi connectivity index (χ1) is 18.5. The minimum atomic E-state index is -0.725. The van der Waals surface area contributed by atoms with Crippen LogP contribution >= 0.6 is 0 Å². The summed E-state index contributed by atoms with van der Waals surface area (Å²) < 4.78 is 0. The molecule has 0 N–H and O–H groups in total. The van der Waals surface area contributed by atoms with Gasteiger partial charge in [-0.1, -0.05) is 84.0 Å². The quantitative estimate of drug-likeness (QED) is 0.110. The summed E-state index contributed by atoms with van der Waals surface area (Å²) >= 11 is 0. The van der Waals surface area contributed by atoms with Crippen LogP contribution in [0.15, 0.2) is 18.3 Å². The molecule has 10 nitrogen and oxygen atoms in total. The number of aromatic nitrogens is 1. The third-order valence-electron chi connectivity index (χ3n) is 7.32. The summed E-state index contributed by atoms with van der Waals surface area (Å²) in [6, 6.07) is 3.57. The maximum atomic E-state index is 12.5. The zero-order valence-corrected chi connectivity index (χ0v) is 23.4. The van der Waals surface area contributed by atoms with Crippen molar-refractivity contribution < 1.29 is 14.7 Å². The molecule has 1 saturated heterocycles. The van der Waals surface area contributed by atoms with Gasteiger partial charge in [0.25, 0.3) is 5.09 Å². The lowest BCUT2D eigenvalue weighted by atomic mass is 10.0. The summed E-state index contributed by atoms with van der Waals surface area (Å²) in [6.45, 7) is 7.57. The van der Waals surface area contributed by atoms with E-state index in [0.717, 1.165) is 77.1 Å². The van der Waals surface area contributed by atoms with Crippen LogP contribution in [-0.4, -0.2) is 71.8 Å². The van der Waals surface area contributed by atoms with E-state index in [1.165, 1.54) is 57.6 Å². The van der Waals surface area contributed by atoms with Gasteiger partial charge >= 0.3 is 0 Å². The Hall–Kier alpha value is -2.46. The Bertz CT molecular complexity index is 771. The van der Waals surface area contributed by atoms with Crippen molar-refractivity contribution in [3.8, 4) is 0 Å². The van der Waals surface area contributed by atoms with Crippen molar-refractivity contribution >= 4 is 11.7 Å². The molecule has 0 unspecified atom stereocenters. The molecule has 0 saturated carbocycles. The Labute approximate surface area is 228 Å². The molecule has 2 rings (SSSR count). The van der Waals surface area contributed by atoms with Gasteiger partial charge in [-0.05, 0) is 31.5 Å². The second-order valence-electron chi connectivity index (χ2n) is 10.2. The van der Waals surface area contributed by atoms with Crippen LogP contribution in [0.1, 0.15) is 107 Å². The third kappa shape index (κ3) is 13.4. The number of hydroxylamine groups is 2. The van der Waals surface area contributed by atoms with E-state index in [1.807, 2.05) is 6.07 Å². The maximum Gasteiger partial charge on any atom is 0.294 e. The van der Waals surface area contributed by atoms with Crippen LogP contribution in [0, 0.1) is 15.3 Å². The molecule has 0 radical (unpaired) electrons. The number of hydrogen-bond acceptors (Lipinski definition) is 8. The molecule has 1 aromatic rings. The van der Waals surface area contributed by atoms with Gasteiger partial charge < -0.3 is 24.9 Å². The van der Waals surface area contributed by atoms with E-state index >= 15 is 0 Å². The number of hydrogen-bond donors (Lipinski definition) is 0. The number of nitrogens with zero attached hydrogens (tertiary/aromatic N) is 5. The summed E-state index contributed by atoms with van der Waals surface area (Å²) in [5.41, 5.74) is 0.359. The fraction of sp³-hybridized carbons (Fsp3) is 0.786. The molecule has 0 atom stereocenters. The summed E-state index contributed by atoms with van der Waals surface area (Å²) in [5, 5.41) is 22.2. The van der Waals surface area contributed by atoms with Gasteiger partial charge in [0.15, 0.2) is 0 Å². The van der Waals surface area contributed by atoms with E-state index in [4.69, 9.17) is 0 Å². The Morgan fingerprint density at radius 2 is 1.42 bits per heavy atom. The molecular formula is C28H48N5O5-. The summed E-state index contributed by atoms with van der Waals surface area (Å²) in [5.74, 6) is 0.369. The summed E-state index contributed by atoms with van der Waals surface area (Å²) in [7, 11) is 0. The molecule has 1 aromatic heterocycles. The molecule has 2 heterocycles. The average Bonchev–Trinajstić information content (AvgIpc) is 2.94. The van der Waals surface area contributed by atoms with E-state index in [9.17, 15) is 20.1 Å². The van der Waals surface area contributed by atoms with Crippen molar-refractivity contribution in [2.24, 2.45) is 0 Å². The molecular weight excluding hydrogens is 486 g/mol.